The first kappa shape index (κ1) is 22.8. The maximum absolute atomic E-state index is 14.4. The third-order valence-electron chi connectivity index (χ3n) is 5.87. The van der Waals surface area contributed by atoms with Crippen LogP contribution in [0.3, 0.4) is 0 Å². The number of carbonyl (C=O) groups excluding carboxylic acids is 1. The van der Waals surface area contributed by atoms with E-state index in [1.54, 1.807) is 30.5 Å². The number of likely N-dealkylation sites (tertiary alicyclic amines) is 1. The van der Waals surface area contributed by atoms with Crippen molar-refractivity contribution in [2.24, 2.45) is 0 Å². The molecule has 1 amide bonds. The van der Waals surface area contributed by atoms with Crippen LogP contribution in [-0.2, 0) is 11.3 Å². The van der Waals surface area contributed by atoms with Crippen molar-refractivity contribution >= 4 is 28.4 Å². The fraction of sp³-hybridized carbons (Fsp3) is 0.381. The van der Waals surface area contributed by atoms with Crippen LogP contribution < -0.4 is 10.1 Å². The second-order valence-electron chi connectivity index (χ2n) is 8.19. The molecular weight excluding hydrogens is 472 g/mol. The minimum Gasteiger partial charge on any atom is -0.479 e. The minimum atomic E-state index is -3.16. The summed E-state index contributed by atoms with van der Waals surface area (Å²) in [6.07, 6.45) is -0.985. The predicted octanol–water partition coefficient (Wildman–Crippen LogP) is 2.69. The first-order valence-corrected chi connectivity index (χ1v) is 10.6. The highest BCUT2D eigenvalue weighted by atomic mass is 19.3. The van der Waals surface area contributed by atoms with Crippen LogP contribution in [0.1, 0.15) is 6.92 Å². The molecule has 184 valence electrons. The largest absolute Gasteiger partial charge is 0.479 e. The molecule has 1 aromatic carbocycles. The van der Waals surface area contributed by atoms with Gasteiger partial charge in [-0.05, 0) is 23.8 Å². The van der Waals surface area contributed by atoms with Gasteiger partial charge in [0, 0.05) is 25.2 Å². The number of hydrogen-bond donors (Lipinski definition) is 1. The van der Waals surface area contributed by atoms with Gasteiger partial charge in [0.1, 0.15) is 23.6 Å². The maximum Gasteiger partial charge on any atom is 0.286 e. The van der Waals surface area contributed by atoms with E-state index in [1.807, 2.05) is 0 Å². The number of anilines is 1. The highest BCUT2D eigenvalue weighted by Gasteiger charge is 2.49. The van der Waals surface area contributed by atoms with Crippen LogP contribution >= 0.6 is 0 Å². The van der Waals surface area contributed by atoms with Gasteiger partial charge in [-0.1, -0.05) is 11.3 Å². The molecule has 1 unspecified atom stereocenters. The maximum atomic E-state index is 14.4. The highest BCUT2D eigenvalue weighted by Crippen LogP contribution is 2.34. The van der Waals surface area contributed by atoms with Crippen molar-refractivity contribution in [1.82, 2.24) is 34.5 Å². The zero-order valence-corrected chi connectivity index (χ0v) is 18.6. The summed E-state index contributed by atoms with van der Waals surface area (Å²) in [6.45, 7) is -0.236. The number of carbonyl (C=O) groups is 1. The molecule has 4 heterocycles. The fourth-order valence-corrected chi connectivity index (χ4v) is 4.16. The molecule has 0 bridgehead atoms. The van der Waals surface area contributed by atoms with Crippen LogP contribution in [0.5, 0.6) is 5.88 Å². The number of hydrogen-bond acceptors (Lipinski definition) is 7. The Hall–Kier alpha value is -3.97. The summed E-state index contributed by atoms with van der Waals surface area (Å²) in [6, 6.07) is 5.44. The summed E-state index contributed by atoms with van der Waals surface area (Å²) in [7, 11) is 1.38. The molecule has 0 radical (unpaired) electrons. The van der Waals surface area contributed by atoms with Gasteiger partial charge >= 0.3 is 0 Å². The van der Waals surface area contributed by atoms with E-state index in [2.05, 4.69) is 25.7 Å². The van der Waals surface area contributed by atoms with Crippen molar-refractivity contribution in [2.45, 2.75) is 31.9 Å². The Bertz CT molecular complexity index is 1420. The lowest BCUT2D eigenvalue weighted by Crippen LogP contribution is -2.38. The van der Waals surface area contributed by atoms with E-state index >= 15 is 0 Å². The average molecular weight is 492 g/mol. The van der Waals surface area contributed by atoms with Crippen LogP contribution in [-0.4, -0.2) is 79.0 Å². The van der Waals surface area contributed by atoms with E-state index in [0.717, 1.165) is 9.58 Å². The third-order valence-corrected chi connectivity index (χ3v) is 5.87. The Morgan fingerprint density at radius 1 is 1.31 bits per heavy atom. The number of halogens is 4. The van der Waals surface area contributed by atoms with Crippen molar-refractivity contribution in [3.05, 3.63) is 30.5 Å². The highest BCUT2D eigenvalue weighted by molar-refractivity contribution is 5.89. The number of benzene rings is 1. The van der Waals surface area contributed by atoms with Gasteiger partial charge in [-0.25, -0.2) is 26.8 Å². The van der Waals surface area contributed by atoms with E-state index in [0.29, 0.717) is 27.7 Å². The molecule has 5 rings (SSSR count). The first-order chi connectivity index (χ1) is 16.7. The fourth-order valence-electron chi connectivity index (χ4n) is 4.16. The average Bonchev–Trinajstić information content (AvgIpc) is 3.48. The SMILES string of the molecule is COc1nc(NC2CN(C(C)=O)CC2(F)F)nn2ccc(-c3ccc4nnn(CC(F)F)c4c3)c12. The summed E-state index contributed by atoms with van der Waals surface area (Å²) in [5, 5.41) is 14.6. The number of rotatable bonds is 6. The minimum absolute atomic E-state index is 0.0961. The molecule has 1 N–H and O–H groups in total. The number of alkyl halides is 4. The number of aromatic nitrogens is 6. The number of methoxy groups -OCH3 is 1. The van der Waals surface area contributed by atoms with Crippen LogP contribution in [0.2, 0.25) is 0 Å². The normalized spacial score (nSPS) is 17.6. The quantitative estimate of drug-likeness (QED) is 0.413. The zero-order chi connectivity index (χ0) is 24.9. The molecule has 3 aromatic heterocycles. The molecule has 10 nitrogen and oxygen atoms in total. The monoisotopic (exact) mass is 492 g/mol. The Balaban J connectivity index is 1.51. The Morgan fingerprint density at radius 3 is 2.80 bits per heavy atom. The Kier molecular flexibility index (Phi) is 5.44. The number of nitrogens with one attached hydrogen (secondary N) is 1. The predicted molar refractivity (Wildman–Crippen MR) is 117 cm³/mol. The van der Waals surface area contributed by atoms with Gasteiger partial charge in [0.15, 0.2) is 0 Å². The Morgan fingerprint density at radius 2 is 2.11 bits per heavy atom. The zero-order valence-electron chi connectivity index (χ0n) is 18.6. The van der Waals surface area contributed by atoms with E-state index in [9.17, 15) is 22.4 Å². The molecule has 0 spiro atoms. The van der Waals surface area contributed by atoms with Gasteiger partial charge in [-0.2, -0.15) is 4.98 Å². The molecule has 1 aliphatic heterocycles. The van der Waals surface area contributed by atoms with Crippen molar-refractivity contribution in [3.63, 3.8) is 0 Å². The second-order valence-corrected chi connectivity index (χ2v) is 8.19. The summed E-state index contributed by atoms with van der Waals surface area (Å²) < 4.78 is 62.6. The van der Waals surface area contributed by atoms with E-state index in [1.165, 1.54) is 18.5 Å². The van der Waals surface area contributed by atoms with Gasteiger partial charge in [0.2, 0.25) is 17.7 Å². The molecule has 14 heteroatoms. The van der Waals surface area contributed by atoms with Crippen LogP contribution in [0.15, 0.2) is 30.5 Å². The van der Waals surface area contributed by atoms with Gasteiger partial charge in [0.05, 0.1) is 19.2 Å². The second kappa shape index (κ2) is 8.36. The lowest BCUT2D eigenvalue weighted by atomic mass is 10.1. The van der Waals surface area contributed by atoms with Crippen LogP contribution in [0, 0.1) is 0 Å². The van der Waals surface area contributed by atoms with Crippen molar-refractivity contribution < 1.29 is 27.1 Å². The standard InChI is InChI=1S/C21H20F4N8O2/c1-11(34)31-8-16(21(24,25)10-31)26-20-27-19(35-2)18-13(5-6-32(18)29-20)12-3-4-14-15(7-12)33(30-28-14)9-17(22)23/h3-7,16-17H,8-10H2,1-2H3,(H,26,29). The van der Waals surface area contributed by atoms with Gasteiger partial charge < -0.3 is 15.0 Å². The van der Waals surface area contributed by atoms with Gasteiger partial charge in [0.25, 0.3) is 12.3 Å². The lowest BCUT2D eigenvalue weighted by Gasteiger charge is -2.19. The molecule has 0 saturated carbocycles. The van der Waals surface area contributed by atoms with Crippen LogP contribution in [0.25, 0.3) is 27.7 Å². The van der Waals surface area contributed by atoms with E-state index in [-0.39, 0.29) is 18.4 Å². The molecular formula is C21H20F4N8O2. The molecule has 1 fully saturated rings. The number of amides is 1. The first-order valence-electron chi connectivity index (χ1n) is 10.6. The molecule has 1 aliphatic rings. The number of ether oxygens (including phenoxy) is 1. The smallest absolute Gasteiger partial charge is 0.286 e. The Labute approximate surface area is 195 Å². The third kappa shape index (κ3) is 4.08. The van der Waals surface area contributed by atoms with Gasteiger partial charge in [-0.3, -0.25) is 4.79 Å². The summed E-state index contributed by atoms with van der Waals surface area (Å²) in [5.74, 6) is -3.59. The van der Waals surface area contributed by atoms with Gasteiger partial charge in [-0.15, -0.1) is 10.2 Å². The summed E-state index contributed by atoms with van der Waals surface area (Å²) >= 11 is 0. The number of nitrogens with zero attached hydrogens (tertiary/aromatic N) is 7. The van der Waals surface area contributed by atoms with E-state index in [4.69, 9.17) is 4.74 Å². The molecule has 0 aliphatic carbocycles. The molecule has 1 atom stereocenters. The van der Waals surface area contributed by atoms with Crippen molar-refractivity contribution in [1.29, 1.82) is 0 Å². The topological polar surface area (TPSA) is 102 Å². The van der Waals surface area contributed by atoms with Crippen molar-refractivity contribution in [2.75, 3.05) is 25.5 Å². The number of fused-ring (bicyclic) bond motifs is 2. The lowest BCUT2D eigenvalue weighted by molar-refractivity contribution is -0.129. The molecule has 4 aromatic rings. The van der Waals surface area contributed by atoms with E-state index < -0.39 is 37.4 Å². The van der Waals surface area contributed by atoms with Crippen LogP contribution in [0.4, 0.5) is 23.5 Å². The summed E-state index contributed by atoms with van der Waals surface area (Å²) in [4.78, 5) is 16.9. The summed E-state index contributed by atoms with van der Waals surface area (Å²) in [5.41, 5.74) is 2.63. The molecule has 35 heavy (non-hydrogen) atoms. The molecule has 1 saturated heterocycles. The van der Waals surface area contributed by atoms with Crippen molar-refractivity contribution in [3.8, 4) is 17.0 Å².